The molecule has 6 heteroatoms. The van der Waals surface area contributed by atoms with Crippen LogP contribution in [-0.4, -0.2) is 46.2 Å². The fraction of sp³-hybridized carbons (Fsp3) is 0.632. The lowest BCUT2D eigenvalue weighted by Crippen LogP contribution is -2.41. The van der Waals surface area contributed by atoms with Crippen molar-refractivity contribution in [2.75, 3.05) is 13.1 Å². The molecule has 0 aromatic heterocycles. The summed E-state index contributed by atoms with van der Waals surface area (Å²) in [7, 11) is -1.28. The molecule has 0 radical (unpaired) electrons. The lowest BCUT2D eigenvalue weighted by Gasteiger charge is -2.38. The molecule has 25 heavy (non-hydrogen) atoms. The Balaban J connectivity index is 1.58. The third kappa shape index (κ3) is 4.84. The average Bonchev–Trinajstić information content (AvgIpc) is 2.60. The van der Waals surface area contributed by atoms with E-state index in [0.29, 0.717) is 25.1 Å². The van der Waals surface area contributed by atoms with E-state index in [4.69, 9.17) is 10.0 Å². The van der Waals surface area contributed by atoms with Crippen LogP contribution >= 0.6 is 0 Å². The third-order valence-corrected chi connectivity index (χ3v) is 5.95. The molecule has 1 saturated carbocycles. The van der Waals surface area contributed by atoms with Crippen molar-refractivity contribution in [1.29, 1.82) is 0 Å². The van der Waals surface area contributed by atoms with Gasteiger partial charge in [-0.05, 0) is 48.5 Å². The molecule has 1 aliphatic carbocycles. The number of nitrogens with zero attached hydrogens (tertiary/aromatic N) is 1. The molecule has 136 valence electrons. The highest BCUT2D eigenvalue weighted by Crippen LogP contribution is 2.37. The number of carboxylic acid groups (broad SMARTS) is 1. The summed E-state index contributed by atoms with van der Waals surface area (Å²) in [4.78, 5) is 14.2. The molecular weight excluding hydrogens is 317 g/mol. The topological polar surface area (TPSA) is 81.0 Å². The summed E-state index contributed by atoms with van der Waals surface area (Å²) in [5.41, 5.74) is 2.78. The molecule has 1 aromatic carbocycles. The van der Waals surface area contributed by atoms with Gasteiger partial charge in [0, 0.05) is 19.6 Å². The Hall–Kier alpha value is -1.37. The molecule has 1 aromatic rings. The number of carbonyl (C=O) groups is 1. The molecular formula is C19H28BNO4. The van der Waals surface area contributed by atoms with E-state index < -0.39 is 13.1 Å². The van der Waals surface area contributed by atoms with Gasteiger partial charge in [0.05, 0.1) is 5.92 Å². The number of carboxylic acids is 1. The van der Waals surface area contributed by atoms with E-state index in [1.54, 1.807) is 0 Å². The second-order valence-electron chi connectivity index (χ2n) is 7.70. The first-order chi connectivity index (χ1) is 12.0. The van der Waals surface area contributed by atoms with E-state index in [-0.39, 0.29) is 11.8 Å². The summed E-state index contributed by atoms with van der Waals surface area (Å²) in [5, 5.41) is 27.8. The molecule has 2 aliphatic rings. The second-order valence-corrected chi connectivity index (χ2v) is 7.70. The molecule has 0 amide bonds. The van der Waals surface area contributed by atoms with Crippen LogP contribution in [0.3, 0.4) is 0 Å². The van der Waals surface area contributed by atoms with E-state index in [1.165, 1.54) is 11.1 Å². The third-order valence-electron chi connectivity index (χ3n) is 5.95. The van der Waals surface area contributed by atoms with Crippen molar-refractivity contribution in [1.82, 2.24) is 4.90 Å². The maximum Gasteiger partial charge on any atom is 0.451 e. The largest absolute Gasteiger partial charge is 0.481 e. The summed E-state index contributed by atoms with van der Waals surface area (Å²) in [6, 6.07) is 8.52. The molecule has 0 bridgehead atoms. The summed E-state index contributed by atoms with van der Waals surface area (Å²) < 4.78 is 0. The maximum atomic E-state index is 11.8. The normalized spacial score (nSPS) is 26.9. The highest BCUT2D eigenvalue weighted by Gasteiger charge is 2.36. The molecule has 1 aliphatic heterocycles. The van der Waals surface area contributed by atoms with Gasteiger partial charge >= 0.3 is 13.1 Å². The number of rotatable bonds is 6. The zero-order valence-corrected chi connectivity index (χ0v) is 14.7. The molecule has 0 spiro atoms. The highest BCUT2D eigenvalue weighted by molar-refractivity contribution is 6.40. The van der Waals surface area contributed by atoms with E-state index in [2.05, 4.69) is 29.2 Å². The number of hydrogen-bond acceptors (Lipinski definition) is 4. The first-order valence-electron chi connectivity index (χ1n) is 9.41. The van der Waals surface area contributed by atoms with Crippen LogP contribution in [-0.2, 0) is 17.8 Å². The standard InChI is InChI=1S/C19H28BNO4/c22-19(23)18-11-14(7-9-20(24)25)5-6-17(18)13-21-10-8-15-3-1-2-4-16(15)12-21/h1-4,14,17-18,24-25H,5-13H2,(H,22,23)/t14-,17?,18-/m0/s1. The van der Waals surface area contributed by atoms with Crippen LogP contribution < -0.4 is 0 Å². The average molecular weight is 345 g/mol. The molecule has 0 saturated heterocycles. The summed E-state index contributed by atoms with van der Waals surface area (Å²) >= 11 is 0. The number of benzene rings is 1. The minimum Gasteiger partial charge on any atom is -0.481 e. The highest BCUT2D eigenvalue weighted by atomic mass is 16.4. The molecule has 3 N–H and O–H groups in total. The van der Waals surface area contributed by atoms with Gasteiger partial charge in [0.1, 0.15) is 0 Å². The first kappa shape index (κ1) is 18.4. The minimum absolute atomic E-state index is 0.193. The van der Waals surface area contributed by atoms with Gasteiger partial charge in [-0.15, -0.1) is 0 Å². The zero-order valence-electron chi connectivity index (χ0n) is 14.7. The summed E-state index contributed by atoms with van der Waals surface area (Å²) in [5.74, 6) is -0.525. The number of hydrogen-bond donors (Lipinski definition) is 3. The van der Waals surface area contributed by atoms with Gasteiger partial charge in [0.2, 0.25) is 0 Å². The Kier molecular flexibility index (Phi) is 6.15. The molecule has 5 nitrogen and oxygen atoms in total. The molecule has 1 unspecified atom stereocenters. The Bertz CT molecular complexity index is 595. The Morgan fingerprint density at radius 2 is 1.96 bits per heavy atom. The van der Waals surface area contributed by atoms with Gasteiger partial charge in [-0.3, -0.25) is 9.69 Å². The summed E-state index contributed by atoms with van der Waals surface area (Å²) in [6.07, 6.45) is 4.65. The number of fused-ring (bicyclic) bond motifs is 1. The van der Waals surface area contributed by atoms with Gasteiger partial charge < -0.3 is 15.2 Å². The smallest absolute Gasteiger partial charge is 0.451 e. The van der Waals surface area contributed by atoms with Crippen molar-refractivity contribution in [3.8, 4) is 0 Å². The molecule has 3 atom stereocenters. The Morgan fingerprint density at radius 3 is 2.68 bits per heavy atom. The van der Waals surface area contributed by atoms with Crippen LogP contribution in [0, 0.1) is 17.8 Å². The van der Waals surface area contributed by atoms with Crippen molar-refractivity contribution in [3.05, 3.63) is 35.4 Å². The lowest BCUT2D eigenvalue weighted by atomic mass is 9.69. The van der Waals surface area contributed by atoms with Crippen molar-refractivity contribution in [3.63, 3.8) is 0 Å². The van der Waals surface area contributed by atoms with Crippen molar-refractivity contribution in [2.24, 2.45) is 17.8 Å². The van der Waals surface area contributed by atoms with Crippen LogP contribution in [0.4, 0.5) is 0 Å². The minimum atomic E-state index is -1.28. The lowest BCUT2D eigenvalue weighted by molar-refractivity contribution is -0.146. The summed E-state index contributed by atoms with van der Waals surface area (Å²) in [6.45, 7) is 2.76. The molecule has 1 heterocycles. The Labute approximate surface area is 149 Å². The van der Waals surface area contributed by atoms with Gasteiger partial charge in [-0.1, -0.05) is 37.1 Å². The van der Waals surface area contributed by atoms with Gasteiger partial charge in [-0.25, -0.2) is 0 Å². The second kappa shape index (κ2) is 8.34. The van der Waals surface area contributed by atoms with E-state index in [1.807, 2.05) is 0 Å². The first-order valence-corrected chi connectivity index (χ1v) is 9.41. The fourth-order valence-corrected chi connectivity index (χ4v) is 4.53. The van der Waals surface area contributed by atoms with Crippen molar-refractivity contribution in [2.45, 2.75) is 45.0 Å². The van der Waals surface area contributed by atoms with Crippen LogP contribution in [0.2, 0.25) is 6.32 Å². The van der Waals surface area contributed by atoms with Crippen molar-refractivity contribution < 1.29 is 19.9 Å². The monoisotopic (exact) mass is 345 g/mol. The number of aliphatic carboxylic acids is 1. The molecule has 3 rings (SSSR count). The van der Waals surface area contributed by atoms with E-state index in [9.17, 15) is 9.90 Å². The van der Waals surface area contributed by atoms with Crippen LogP contribution in [0.25, 0.3) is 0 Å². The van der Waals surface area contributed by atoms with E-state index in [0.717, 1.165) is 38.9 Å². The predicted octanol–water partition coefficient (Wildman–Crippen LogP) is 2.02. The van der Waals surface area contributed by atoms with Gasteiger partial charge in [0.25, 0.3) is 0 Å². The maximum absolute atomic E-state index is 11.8. The van der Waals surface area contributed by atoms with Gasteiger partial charge in [-0.2, -0.15) is 0 Å². The van der Waals surface area contributed by atoms with Crippen LogP contribution in [0.1, 0.15) is 36.8 Å². The van der Waals surface area contributed by atoms with Gasteiger partial charge in [0.15, 0.2) is 0 Å². The SMILES string of the molecule is O=C(O)[C@H]1C[C@H](CCB(O)O)CCC1CN1CCc2ccccc2C1. The van der Waals surface area contributed by atoms with Crippen LogP contribution in [0.5, 0.6) is 0 Å². The predicted molar refractivity (Wildman–Crippen MR) is 97.0 cm³/mol. The van der Waals surface area contributed by atoms with Crippen molar-refractivity contribution >= 4 is 13.1 Å². The zero-order chi connectivity index (χ0) is 17.8. The van der Waals surface area contributed by atoms with E-state index >= 15 is 0 Å². The quantitative estimate of drug-likeness (QED) is 0.688. The molecule has 1 fully saturated rings. The Morgan fingerprint density at radius 1 is 1.20 bits per heavy atom. The van der Waals surface area contributed by atoms with Crippen LogP contribution in [0.15, 0.2) is 24.3 Å². The fourth-order valence-electron chi connectivity index (χ4n) is 4.53.